The minimum absolute atomic E-state index is 0.00674. The van der Waals surface area contributed by atoms with Crippen molar-refractivity contribution in [1.29, 1.82) is 0 Å². The second-order valence-corrected chi connectivity index (χ2v) is 8.14. The van der Waals surface area contributed by atoms with Crippen LogP contribution in [0.4, 0.5) is 0 Å². The van der Waals surface area contributed by atoms with Gasteiger partial charge in [0.2, 0.25) is 0 Å². The van der Waals surface area contributed by atoms with Gasteiger partial charge in [-0.25, -0.2) is 4.98 Å². The van der Waals surface area contributed by atoms with Crippen LogP contribution in [-0.2, 0) is 20.0 Å². The summed E-state index contributed by atoms with van der Waals surface area (Å²) in [6.07, 6.45) is 6.20. The summed E-state index contributed by atoms with van der Waals surface area (Å²) < 4.78 is 4.42. The van der Waals surface area contributed by atoms with Gasteiger partial charge in [-0.1, -0.05) is 35.0 Å². The maximum absolute atomic E-state index is 13.2. The topological polar surface area (TPSA) is 52.7 Å². The van der Waals surface area contributed by atoms with Gasteiger partial charge >= 0.3 is 0 Å². The Bertz CT molecular complexity index is 1140. The summed E-state index contributed by atoms with van der Waals surface area (Å²) in [5, 5.41) is 4.88. The molecule has 132 valence electrons. The van der Waals surface area contributed by atoms with Crippen LogP contribution in [0.15, 0.2) is 52.3 Å². The first-order valence-corrected chi connectivity index (χ1v) is 9.92. The molecule has 0 radical (unpaired) electrons. The highest BCUT2D eigenvalue weighted by atomic mass is 79.9. The number of rotatable bonds is 4. The number of hydrogen-bond donors (Lipinski definition) is 0. The molecule has 0 fully saturated rings. The third-order valence-corrected chi connectivity index (χ3v) is 6.09. The Balaban J connectivity index is 1.91. The molecule has 0 bridgehead atoms. The van der Waals surface area contributed by atoms with Crippen molar-refractivity contribution >= 4 is 37.5 Å². The van der Waals surface area contributed by atoms with Gasteiger partial charge < -0.3 is 0 Å². The SMILES string of the molecule is CCc1sc2ncn(Cc3cnn(C)c3)c(=O)c2c1-c1ccc(Br)cc1. The lowest BCUT2D eigenvalue weighted by Gasteiger charge is -2.06. The van der Waals surface area contributed by atoms with Crippen molar-refractivity contribution in [3.8, 4) is 11.1 Å². The van der Waals surface area contributed by atoms with Gasteiger partial charge in [0.05, 0.1) is 24.5 Å². The van der Waals surface area contributed by atoms with E-state index in [0.29, 0.717) is 11.9 Å². The Labute approximate surface area is 163 Å². The van der Waals surface area contributed by atoms with Crippen molar-refractivity contribution in [2.45, 2.75) is 19.9 Å². The van der Waals surface area contributed by atoms with E-state index < -0.39 is 0 Å². The van der Waals surface area contributed by atoms with Crippen LogP contribution in [0.3, 0.4) is 0 Å². The van der Waals surface area contributed by atoms with Crippen LogP contribution in [0.1, 0.15) is 17.4 Å². The van der Waals surface area contributed by atoms with Crippen molar-refractivity contribution in [3.63, 3.8) is 0 Å². The van der Waals surface area contributed by atoms with Crippen molar-refractivity contribution in [1.82, 2.24) is 19.3 Å². The number of thiophene rings is 1. The molecule has 0 aliphatic heterocycles. The lowest BCUT2D eigenvalue weighted by Crippen LogP contribution is -2.20. The van der Waals surface area contributed by atoms with Crippen molar-refractivity contribution in [2.75, 3.05) is 0 Å². The highest BCUT2D eigenvalue weighted by molar-refractivity contribution is 9.10. The summed E-state index contributed by atoms with van der Waals surface area (Å²) in [6, 6.07) is 8.09. The summed E-state index contributed by atoms with van der Waals surface area (Å²) in [7, 11) is 1.87. The molecule has 0 saturated carbocycles. The van der Waals surface area contributed by atoms with Crippen molar-refractivity contribution < 1.29 is 0 Å². The van der Waals surface area contributed by atoms with E-state index in [1.165, 1.54) is 4.88 Å². The number of aryl methyl sites for hydroxylation is 2. The zero-order valence-corrected chi connectivity index (χ0v) is 16.8. The standard InChI is InChI=1S/C19H17BrN4OS/c1-3-15-16(13-4-6-14(20)7-5-13)17-18(26-15)21-11-24(19(17)25)10-12-8-22-23(2)9-12/h4-9,11H,3,10H2,1-2H3. The molecule has 0 amide bonds. The average molecular weight is 429 g/mol. The molecule has 26 heavy (non-hydrogen) atoms. The number of benzene rings is 1. The number of fused-ring (bicyclic) bond motifs is 1. The fourth-order valence-corrected chi connectivity index (χ4v) is 4.46. The van der Waals surface area contributed by atoms with E-state index in [1.807, 2.05) is 37.5 Å². The number of nitrogens with zero attached hydrogens (tertiary/aromatic N) is 4. The Hall–Kier alpha value is -2.25. The molecule has 4 aromatic rings. The maximum Gasteiger partial charge on any atom is 0.263 e. The van der Waals surface area contributed by atoms with Crippen LogP contribution < -0.4 is 5.56 Å². The van der Waals surface area contributed by atoms with Gasteiger partial charge in [-0.05, 0) is 24.1 Å². The van der Waals surface area contributed by atoms with E-state index in [1.54, 1.807) is 33.1 Å². The molecule has 0 atom stereocenters. The smallest absolute Gasteiger partial charge is 0.263 e. The zero-order chi connectivity index (χ0) is 18.3. The van der Waals surface area contributed by atoms with Crippen LogP contribution in [0.5, 0.6) is 0 Å². The molecule has 4 rings (SSSR count). The summed E-state index contributed by atoms with van der Waals surface area (Å²) >= 11 is 5.08. The molecule has 0 saturated heterocycles. The first kappa shape index (κ1) is 17.2. The molecule has 0 aliphatic carbocycles. The third-order valence-electron chi connectivity index (χ3n) is 4.32. The Morgan fingerprint density at radius 3 is 2.65 bits per heavy atom. The molecule has 7 heteroatoms. The Morgan fingerprint density at radius 2 is 2.00 bits per heavy atom. The normalized spacial score (nSPS) is 11.3. The monoisotopic (exact) mass is 428 g/mol. The first-order valence-electron chi connectivity index (χ1n) is 8.31. The lowest BCUT2D eigenvalue weighted by atomic mass is 10.0. The largest absolute Gasteiger partial charge is 0.294 e. The van der Waals surface area contributed by atoms with Crippen molar-refractivity contribution in [2.24, 2.45) is 7.05 Å². The molecular weight excluding hydrogens is 412 g/mol. The zero-order valence-electron chi connectivity index (χ0n) is 14.4. The molecule has 0 unspecified atom stereocenters. The van der Waals surface area contributed by atoms with Gasteiger partial charge in [0, 0.05) is 33.7 Å². The highest BCUT2D eigenvalue weighted by Gasteiger charge is 2.18. The molecule has 3 heterocycles. The summed E-state index contributed by atoms with van der Waals surface area (Å²) in [5.74, 6) is 0. The first-order chi connectivity index (χ1) is 12.6. The van der Waals surface area contributed by atoms with E-state index in [4.69, 9.17) is 0 Å². The lowest BCUT2D eigenvalue weighted by molar-refractivity contribution is 0.743. The van der Waals surface area contributed by atoms with E-state index >= 15 is 0 Å². The quantitative estimate of drug-likeness (QED) is 0.488. The predicted molar refractivity (Wildman–Crippen MR) is 109 cm³/mol. The number of halogens is 1. The second kappa shape index (κ2) is 6.81. The summed E-state index contributed by atoms with van der Waals surface area (Å²) in [4.78, 5) is 19.8. The average Bonchev–Trinajstić information content (AvgIpc) is 3.21. The molecular formula is C19H17BrN4OS. The molecule has 0 N–H and O–H groups in total. The molecule has 1 aromatic carbocycles. The van der Waals surface area contributed by atoms with E-state index in [-0.39, 0.29) is 5.56 Å². The van der Waals surface area contributed by atoms with Gasteiger partial charge in [0.25, 0.3) is 5.56 Å². The Morgan fingerprint density at radius 1 is 1.23 bits per heavy atom. The maximum atomic E-state index is 13.2. The van der Waals surface area contributed by atoms with Gasteiger partial charge in [-0.2, -0.15) is 5.10 Å². The number of aromatic nitrogens is 4. The molecule has 3 aromatic heterocycles. The summed E-state index contributed by atoms with van der Waals surface area (Å²) in [5.41, 5.74) is 3.03. The van der Waals surface area contributed by atoms with Crippen LogP contribution in [0.2, 0.25) is 0 Å². The third kappa shape index (κ3) is 3.01. The Kier molecular flexibility index (Phi) is 4.50. The van der Waals surface area contributed by atoms with Gasteiger partial charge in [0.1, 0.15) is 4.83 Å². The molecule has 5 nitrogen and oxygen atoms in total. The van der Waals surface area contributed by atoms with Crippen molar-refractivity contribution in [3.05, 3.63) is 68.3 Å². The molecule has 0 aliphatic rings. The number of hydrogen-bond acceptors (Lipinski definition) is 4. The van der Waals surface area contributed by atoms with Crippen LogP contribution in [0, 0.1) is 0 Å². The molecule has 0 spiro atoms. The fourth-order valence-electron chi connectivity index (χ4n) is 3.11. The van der Waals surface area contributed by atoms with Gasteiger partial charge in [-0.3, -0.25) is 14.0 Å². The minimum atomic E-state index is -0.00674. The van der Waals surface area contributed by atoms with Crippen LogP contribution in [0.25, 0.3) is 21.3 Å². The van der Waals surface area contributed by atoms with Crippen LogP contribution >= 0.6 is 27.3 Å². The van der Waals surface area contributed by atoms with E-state index in [9.17, 15) is 4.79 Å². The van der Waals surface area contributed by atoms with Crippen LogP contribution in [-0.4, -0.2) is 19.3 Å². The van der Waals surface area contributed by atoms with E-state index in [2.05, 4.69) is 32.9 Å². The van der Waals surface area contributed by atoms with Gasteiger partial charge in [-0.15, -0.1) is 11.3 Å². The second-order valence-electron chi connectivity index (χ2n) is 6.14. The predicted octanol–water partition coefficient (Wildman–Crippen LogP) is 4.23. The van der Waals surface area contributed by atoms with Gasteiger partial charge in [0.15, 0.2) is 0 Å². The highest BCUT2D eigenvalue weighted by Crippen LogP contribution is 2.36. The fraction of sp³-hybridized carbons (Fsp3) is 0.211. The summed E-state index contributed by atoms with van der Waals surface area (Å²) in [6.45, 7) is 2.58. The van der Waals surface area contributed by atoms with E-state index in [0.717, 1.165) is 32.4 Å². The minimum Gasteiger partial charge on any atom is -0.294 e.